The molecule has 0 fully saturated rings. The van der Waals surface area contributed by atoms with Crippen molar-refractivity contribution in [2.45, 2.75) is 6.04 Å². The summed E-state index contributed by atoms with van der Waals surface area (Å²) in [5.41, 5.74) is 0.941. The number of ether oxygens (including phenoxy) is 2. The van der Waals surface area contributed by atoms with E-state index in [0.29, 0.717) is 0 Å². The second kappa shape index (κ2) is 5.50. The van der Waals surface area contributed by atoms with Crippen molar-refractivity contribution < 1.29 is 9.47 Å². The number of nitrogens with zero attached hydrogens (tertiary/aromatic N) is 2. The van der Waals surface area contributed by atoms with E-state index in [-0.39, 0.29) is 6.04 Å². The molecule has 1 aromatic heterocycles. The van der Waals surface area contributed by atoms with E-state index in [1.807, 2.05) is 25.2 Å². The summed E-state index contributed by atoms with van der Waals surface area (Å²) in [5.74, 6) is 2.26. The highest BCUT2D eigenvalue weighted by molar-refractivity contribution is 5.44. The Morgan fingerprint density at radius 2 is 2.11 bits per heavy atom. The Bertz CT molecular complexity index is 499. The van der Waals surface area contributed by atoms with E-state index in [2.05, 4.69) is 20.5 Å². The molecule has 18 heavy (non-hydrogen) atoms. The standard InChI is InChI=1S/C12H16N4O2/c1-13-11(12-14-7-15-16-12)9-6-8(17-2)4-5-10(9)18-3/h4-7,11,13H,1-3H3,(H,14,15,16). The second-order valence-electron chi connectivity index (χ2n) is 3.70. The van der Waals surface area contributed by atoms with Gasteiger partial charge in [-0.3, -0.25) is 5.10 Å². The van der Waals surface area contributed by atoms with Gasteiger partial charge in [-0.05, 0) is 25.2 Å². The van der Waals surface area contributed by atoms with Crippen LogP contribution in [-0.4, -0.2) is 36.4 Å². The van der Waals surface area contributed by atoms with Crippen molar-refractivity contribution in [1.82, 2.24) is 20.5 Å². The Labute approximate surface area is 105 Å². The zero-order valence-corrected chi connectivity index (χ0v) is 10.6. The molecular weight excluding hydrogens is 232 g/mol. The van der Waals surface area contributed by atoms with E-state index in [1.165, 1.54) is 6.33 Å². The maximum atomic E-state index is 5.37. The molecule has 0 aliphatic rings. The van der Waals surface area contributed by atoms with Crippen molar-refractivity contribution in [2.24, 2.45) is 0 Å². The topological polar surface area (TPSA) is 72.1 Å². The van der Waals surface area contributed by atoms with E-state index in [4.69, 9.17) is 9.47 Å². The molecule has 6 heteroatoms. The molecule has 0 saturated carbocycles. The summed E-state index contributed by atoms with van der Waals surface area (Å²) in [6.45, 7) is 0. The second-order valence-corrected chi connectivity index (χ2v) is 3.70. The molecule has 0 spiro atoms. The lowest BCUT2D eigenvalue weighted by molar-refractivity contribution is 0.394. The predicted octanol–water partition coefficient (Wildman–Crippen LogP) is 1.13. The fourth-order valence-corrected chi connectivity index (χ4v) is 1.86. The molecular formula is C12H16N4O2. The van der Waals surface area contributed by atoms with Crippen LogP contribution in [0.1, 0.15) is 17.4 Å². The van der Waals surface area contributed by atoms with Crippen LogP contribution in [-0.2, 0) is 0 Å². The Hall–Kier alpha value is -2.08. The molecule has 0 aliphatic heterocycles. The number of hydrogen-bond donors (Lipinski definition) is 2. The summed E-state index contributed by atoms with van der Waals surface area (Å²) < 4.78 is 10.6. The minimum absolute atomic E-state index is 0.127. The lowest BCUT2D eigenvalue weighted by atomic mass is 10.0. The maximum absolute atomic E-state index is 5.37. The van der Waals surface area contributed by atoms with Gasteiger partial charge in [-0.15, -0.1) is 0 Å². The van der Waals surface area contributed by atoms with Crippen LogP contribution in [0.4, 0.5) is 0 Å². The highest BCUT2D eigenvalue weighted by Gasteiger charge is 2.19. The molecule has 0 aliphatic carbocycles. The predicted molar refractivity (Wildman–Crippen MR) is 66.8 cm³/mol. The molecule has 2 aromatic rings. The Morgan fingerprint density at radius 1 is 1.28 bits per heavy atom. The monoisotopic (exact) mass is 248 g/mol. The van der Waals surface area contributed by atoms with Gasteiger partial charge in [0.2, 0.25) is 0 Å². The van der Waals surface area contributed by atoms with Gasteiger partial charge in [-0.25, -0.2) is 4.98 Å². The third kappa shape index (κ3) is 2.28. The average molecular weight is 248 g/mol. The van der Waals surface area contributed by atoms with Gasteiger partial charge in [0.05, 0.1) is 20.3 Å². The number of benzene rings is 1. The van der Waals surface area contributed by atoms with Crippen LogP contribution in [0, 0.1) is 0 Å². The number of aromatic amines is 1. The van der Waals surface area contributed by atoms with E-state index in [1.54, 1.807) is 14.2 Å². The Kier molecular flexibility index (Phi) is 3.78. The van der Waals surface area contributed by atoms with Crippen LogP contribution < -0.4 is 14.8 Å². The first-order valence-corrected chi connectivity index (χ1v) is 5.54. The first-order chi connectivity index (χ1) is 8.80. The molecule has 2 N–H and O–H groups in total. The number of nitrogens with one attached hydrogen (secondary N) is 2. The first kappa shape index (κ1) is 12.4. The zero-order chi connectivity index (χ0) is 13.0. The minimum atomic E-state index is -0.127. The number of rotatable bonds is 5. The molecule has 0 saturated heterocycles. The number of H-pyrrole nitrogens is 1. The average Bonchev–Trinajstić information content (AvgIpc) is 2.93. The molecule has 2 rings (SSSR count). The summed E-state index contributed by atoms with van der Waals surface area (Å²) in [6, 6.07) is 5.52. The number of hydrogen-bond acceptors (Lipinski definition) is 5. The molecule has 1 atom stereocenters. The summed E-state index contributed by atoms with van der Waals surface area (Å²) >= 11 is 0. The highest BCUT2D eigenvalue weighted by atomic mass is 16.5. The van der Waals surface area contributed by atoms with Crippen LogP contribution in [0.15, 0.2) is 24.5 Å². The molecule has 6 nitrogen and oxygen atoms in total. The SMILES string of the molecule is CNC(c1ncn[nH]1)c1cc(OC)ccc1OC. The zero-order valence-electron chi connectivity index (χ0n) is 10.6. The third-order valence-corrected chi connectivity index (χ3v) is 2.74. The fraction of sp³-hybridized carbons (Fsp3) is 0.333. The van der Waals surface area contributed by atoms with E-state index < -0.39 is 0 Å². The van der Waals surface area contributed by atoms with Crippen molar-refractivity contribution in [1.29, 1.82) is 0 Å². The normalized spacial score (nSPS) is 12.2. The quantitative estimate of drug-likeness (QED) is 0.830. The van der Waals surface area contributed by atoms with Crippen molar-refractivity contribution in [3.05, 3.63) is 35.9 Å². The van der Waals surface area contributed by atoms with E-state index in [9.17, 15) is 0 Å². The third-order valence-electron chi connectivity index (χ3n) is 2.74. The van der Waals surface area contributed by atoms with Gasteiger partial charge in [-0.2, -0.15) is 5.10 Å². The molecule has 1 heterocycles. The summed E-state index contributed by atoms with van der Waals surface area (Å²) in [6.07, 6.45) is 1.48. The van der Waals surface area contributed by atoms with Gasteiger partial charge in [0.25, 0.3) is 0 Å². The van der Waals surface area contributed by atoms with Crippen LogP contribution in [0.3, 0.4) is 0 Å². The summed E-state index contributed by atoms with van der Waals surface area (Å²) in [7, 11) is 5.12. The van der Waals surface area contributed by atoms with Crippen LogP contribution in [0.5, 0.6) is 11.5 Å². The van der Waals surface area contributed by atoms with Gasteiger partial charge in [0, 0.05) is 5.56 Å². The van der Waals surface area contributed by atoms with Crippen LogP contribution >= 0.6 is 0 Å². The molecule has 0 amide bonds. The number of aromatic nitrogens is 3. The van der Waals surface area contributed by atoms with Crippen LogP contribution in [0.25, 0.3) is 0 Å². The smallest absolute Gasteiger partial charge is 0.146 e. The fourth-order valence-electron chi connectivity index (χ4n) is 1.86. The molecule has 1 aromatic carbocycles. The van der Waals surface area contributed by atoms with Crippen molar-refractivity contribution in [2.75, 3.05) is 21.3 Å². The molecule has 0 bridgehead atoms. The van der Waals surface area contributed by atoms with Gasteiger partial charge in [-0.1, -0.05) is 0 Å². The Morgan fingerprint density at radius 3 is 2.67 bits per heavy atom. The maximum Gasteiger partial charge on any atom is 0.146 e. The lowest BCUT2D eigenvalue weighted by Gasteiger charge is -2.17. The van der Waals surface area contributed by atoms with Crippen molar-refractivity contribution in [3.8, 4) is 11.5 Å². The van der Waals surface area contributed by atoms with E-state index in [0.717, 1.165) is 22.9 Å². The summed E-state index contributed by atoms with van der Waals surface area (Å²) in [4.78, 5) is 4.17. The van der Waals surface area contributed by atoms with Gasteiger partial charge in [0.1, 0.15) is 23.7 Å². The summed E-state index contributed by atoms with van der Waals surface area (Å²) in [5, 5.41) is 9.90. The lowest BCUT2D eigenvalue weighted by Crippen LogP contribution is -2.20. The molecule has 0 radical (unpaired) electrons. The Balaban J connectivity index is 2.46. The van der Waals surface area contributed by atoms with E-state index >= 15 is 0 Å². The molecule has 96 valence electrons. The largest absolute Gasteiger partial charge is 0.497 e. The van der Waals surface area contributed by atoms with Crippen LogP contribution in [0.2, 0.25) is 0 Å². The van der Waals surface area contributed by atoms with Crippen molar-refractivity contribution in [3.63, 3.8) is 0 Å². The van der Waals surface area contributed by atoms with Gasteiger partial charge < -0.3 is 14.8 Å². The van der Waals surface area contributed by atoms with Gasteiger partial charge in [0.15, 0.2) is 0 Å². The highest BCUT2D eigenvalue weighted by Crippen LogP contribution is 2.31. The van der Waals surface area contributed by atoms with Gasteiger partial charge >= 0.3 is 0 Å². The number of methoxy groups -OCH3 is 2. The molecule has 1 unspecified atom stereocenters. The first-order valence-electron chi connectivity index (χ1n) is 5.54. The minimum Gasteiger partial charge on any atom is -0.497 e. The van der Waals surface area contributed by atoms with Crippen molar-refractivity contribution >= 4 is 0 Å².